The fraction of sp³-hybridized carbons (Fsp3) is 0.355. The highest BCUT2D eigenvalue weighted by Gasteiger charge is 2.36. The van der Waals surface area contributed by atoms with E-state index >= 15 is 0 Å². The van der Waals surface area contributed by atoms with Crippen LogP contribution in [0.5, 0.6) is 5.75 Å². The summed E-state index contributed by atoms with van der Waals surface area (Å²) in [4.78, 5) is 29.0. The minimum absolute atomic E-state index is 0.104. The lowest BCUT2D eigenvalue weighted by Crippen LogP contribution is -2.53. The molecule has 0 aliphatic carbocycles. The van der Waals surface area contributed by atoms with Crippen molar-refractivity contribution in [2.45, 2.75) is 44.9 Å². The van der Waals surface area contributed by atoms with Crippen LogP contribution in [-0.2, 0) is 38.8 Å². The smallest absolute Gasteiger partial charge is 0.417 e. The van der Waals surface area contributed by atoms with Crippen LogP contribution in [0.3, 0.4) is 0 Å². The number of nitrogens with zero attached hydrogens (tertiary/aromatic N) is 2. The van der Waals surface area contributed by atoms with Gasteiger partial charge in [0.1, 0.15) is 18.3 Å². The van der Waals surface area contributed by atoms with Crippen LogP contribution in [-0.4, -0.2) is 57.6 Å². The molecule has 0 aliphatic rings. The Morgan fingerprint density at radius 3 is 2.30 bits per heavy atom. The molecule has 8 nitrogen and oxygen atoms in total. The number of alkyl halides is 3. The van der Waals surface area contributed by atoms with Crippen molar-refractivity contribution in [3.8, 4) is 5.75 Å². The van der Waals surface area contributed by atoms with Crippen LogP contribution in [0.25, 0.3) is 0 Å². The molecule has 3 rings (SSSR count). The first-order chi connectivity index (χ1) is 20.7. The number of nitrogens with one attached hydrogen (secondary N) is 1. The fourth-order valence-electron chi connectivity index (χ4n) is 4.53. The molecule has 0 spiro atoms. The van der Waals surface area contributed by atoms with Gasteiger partial charge in [-0.25, -0.2) is 8.42 Å². The number of halogens is 4. The third-order valence-corrected chi connectivity index (χ3v) is 8.28. The zero-order valence-corrected chi connectivity index (χ0v) is 26.2. The zero-order valence-electron chi connectivity index (χ0n) is 24.6. The standard InChI is InChI=1S/C31H35ClF3N3O5S/c1-4-5-16-36-30(40)28(18-22-10-7-6-8-11-22)37(20-23-12-9-13-25(17-23)43-2)29(39)21-38(44(3,41)42)24-14-15-27(32)26(19-24)31(33,34)35/h6-15,17,19,28H,4-5,16,18,20-21H2,1-3H3,(H,36,40). The second-order valence-electron chi connectivity index (χ2n) is 10.2. The molecule has 1 atom stereocenters. The minimum Gasteiger partial charge on any atom is -0.497 e. The Balaban J connectivity index is 2.10. The van der Waals surface area contributed by atoms with Crippen molar-refractivity contribution in [3.63, 3.8) is 0 Å². The van der Waals surface area contributed by atoms with E-state index in [1.54, 1.807) is 48.5 Å². The molecule has 3 aromatic carbocycles. The van der Waals surface area contributed by atoms with Crippen LogP contribution in [0.4, 0.5) is 18.9 Å². The molecule has 0 aromatic heterocycles. The Bertz CT molecular complexity index is 1540. The third kappa shape index (κ3) is 9.62. The number of carbonyl (C=O) groups excluding carboxylic acids is 2. The van der Waals surface area contributed by atoms with E-state index in [0.29, 0.717) is 34.7 Å². The number of anilines is 1. The average molecular weight is 654 g/mol. The van der Waals surface area contributed by atoms with Crippen molar-refractivity contribution in [1.29, 1.82) is 0 Å². The molecule has 0 aliphatic heterocycles. The van der Waals surface area contributed by atoms with Crippen molar-refractivity contribution in [2.75, 3.05) is 30.8 Å². The summed E-state index contributed by atoms with van der Waals surface area (Å²) >= 11 is 5.76. The Labute approximate surface area is 260 Å². The molecule has 1 N–H and O–H groups in total. The van der Waals surface area contributed by atoms with E-state index in [1.807, 2.05) is 13.0 Å². The number of methoxy groups -OCH3 is 1. The van der Waals surface area contributed by atoms with Gasteiger partial charge in [-0.1, -0.05) is 67.4 Å². The Morgan fingerprint density at radius 2 is 1.68 bits per heavy atom. The molecular weight excluding hydrogens is 619 g/mol. The Hall–Kier alpha value is -3.77. The van der Waals surface area contributed by atoms with Gasteiger partial charge in [-0.2, -0.15) is 13.2 Å². The van der Waals surface area contributed by atoms with Crippen LogP contribution in [0, 0.1) is 0 Å². The first-order valence-corrected chi connectivity index (χ1v) is 16.1. The van der Waals surface area contributed by atoms with Crippen molar-refractivity contribution in [1.82, 2.24) is 10.2 Å². The Kier molecular flexibility index (Phi) is 12.1. The predicted molar refractivity (Wildman–Crippen MR) is 164 cm³/mol. The third-order valence-electron chi connectivity index (χ3n) is 6.81. The highest BCUT2D eigenvalue weighted by atomic mass is 35.5. The number of rotatable bonds is 14. The summed E-state index contributed by atoms with van der Waals surface area (Å²) in [6.45, 7) is 1.35. The van der Waals surface area contributed by atoms with Gasteiger partial charge in [0.25, 0.3) is 0 Å². The van der Waals surface area contributed by atoms with E-state index < -0.39 is 56.9 Å². The van der Waals surface area contributed by atoms with E-state index in [4.69, 9.17) is 16.3 Å². The second-order valence-corrected chi connectivity index (χ2v) is 12.5. The molecule has 3 aromatic rings. The van der Waals surface area contributed by atoms with Crippen LogP contribution < -0.4 is 14.4 Å². The van der Waals surface area contributed by atoms with Gasteiger partial charge in [0.05, 0.1) is 29.6 Å². The maximum absolute atomic E-state index is 14.1. The summed E-state index contributed by atoms with van der Waals surface area (Å²) in [5.74, 6) is -0.746. The molecule has 1 unspecified atom stereocenters. The van der Waals surface area contributed by atoms with E-state index in [2.05, 4.69) is 5.32 Å². The molecule has 13 heteroatoms. The van der Waals surface area contributed by atoms with Crippen molar-refractivity contribution < 1.29 is 35.9 Å². The Morgan fingerprint density at radius 1 is 1.00 bits per heavy atom. The predicted octanol–water partition coefficient (Wildman–Crippen LogP) is 5.69. The van der Waals surface area contributed by atoms with Crippen molar-refractivity contribution in [2.24, 2.45) is 0 Å². The van der Waals surface area contributed by atoms with Crippen molar-refractivity contribution >= 4 is 39.1 Å². The topological polar surface area (TPSA) is 96.0 Å². The molecule has 2 amide bonds. The van der Waals surface area contributed by atoms with Crippen LogP contribution in [0.2, 0.25) is 5.02 Å². The van der Waals surface area contributed by atoms with Crippen LogP contribution in [0.1, 0.15) is 36.5 Å². The lowest BCUT2D eigenvalue weighted by Gasteiger charge is -2.33. The van der Waals surface area contributed by atoms with Gasteiger partial charge in [0, 0.05) is 19.5 Å². The molecular formula is C31H35ClF3N3O5S. The summed E-state index contributed by atoms with van der Waals surface area (Å²) in [5, 5.41) is 2.25. The number of carbonyl (C=O) groups is 2. The summed E-state index contributed by atoms with van der Waals surface area (Å²) in [5.41, 5.74) is -0.304. The number of hydrogen-bond acceptors (Lipinski definition) is 5. The number of benzene rings is 3. The average Bonchev–Trinajstić information content (AvgIpc) is 2.97. The molecule has 0 saturated carbocycles. The summed E-state index contributed by atoms with van der Waals surface area (Å²) in [7, 11) is -2.79. The van der Waals surface area contributed by atoms with Crippen LogP contribution in [0.15, 0.2) is 72.8 Å². The maximum Gasteiger partial charge on any atom is 0.417 e. The molecule has 0 radical (unpaired) electrons. The van der Waals surface area contributed by atoms with Gasteiger partial charge in [-0.3, -0.25) is 13.9 Å². The molecule has 0 saturated heterocycles. The SMILES string of the molecule is CCCCNC(=O)C(Cc1ccccc1)N(Cc1cccc(OC)c1)C(=O)CN(c1ccc(Cl)c(C(F)(F)F)c1)S(C)(=O)=O. The molecule has 0 heterocycles. The van der Waals surface area contributed by atoms with E-state index in [0.717, 1.165) is 30.4 Å². The quantitative estimate of drug-likeness (QED) is 0.226. The normalized spacial score (nSPS) is 12.3. The van der Waals surface area contributed by atoms with Gasteiger partial charge in [-0.05, 0) is 47.9 Å². The van der Waals surface area contributed by atoms with E-state index in [9.17, 15) is 31.2 Å². The summed E-state index contributed by atoms with van der Waals surface area (Å²) < 4.78 is 72.6. The molecule has 0 bridgehead atoms. The highest BCUT2D eigenvalue weighted by Crippen LogP contribution is 2.37. The first-order valence-electron chi connectivity index (χ1n) is 13.8. The van der Waals surface area contributed by atoms with Gasteiger partial charge < -0.3 is 15.0 Å². The van der Waals surface area contributed by atoms with Gasteiger partial charge in [0.2, 0.25) is 21.8 Å². The zero-order chi connectivity index (χ0) is 32.5. The first kappa shape index (κ1) is 34.7. The van der Waals surface area contributed by atoms with Gasteiger partial charge >= 0.3 is 6.18 Å². The largest absolute Gasteiger partial charge is 0.497 e. The molecule has 44 heavy (non-hydrogen) atoms. The summed E-state index contributed by atoms with van der Waals surface area (Å²) in [6.07, 6.45) is -2.45. The van der Waals surface area contributed by atoms with E-state index in [1.165, 1.54) is 12.0 Å². The fourth-order valence-corrected chi connectivity index (χ4v) is 5.59. The molecule has 0 fully saturated rings. The summed E-state index contributed by atoms with van der Waals surface area (Å²) in [6, 6.07) is 17.3. The van der Waals surface area contributed by atoms with Gasteiger partial charge in [0.15, 0.2) is 0 Å². The van der Waals surface area contributed by atoms with E-state index in [-0.39, 0.29) is 13.0 Å². The second kappa shape index (κ2) is 15.3. The van der Waals surface area contributed by atoms with Crippen molar-refractivity contribution in [3.05, 3.63) is 94.5 Å². The lowest BCUT2D eigenvalue weighted by atomic mass is 10.0. The monoisotopic (exact) mass is 653 g/mol. The number of hydrogen-bond donors (Lipinski definition) is 1. The minimum atomic E-state index is -4.87. The van der Waals surface area contributed by atoms with Crippen LogP contribution >= 0.6 is 11.6 Å². The lowest BCUT2D eigenvalue weighted by molar-refractivity contribution is -0.140. The molecule has 238 valence electrons. The number of unbranched alkanes of at least 4 members (excludes halogenated alkanes) is 1. The van der Waals surface area contributed by atoms with Gasteiger partial charge in [-0.15, -0.1) is 0 Å². The number of ether oxygens (including phenoxy) is 1. The number of sulfonamides is 1. The maximum atomic E-state index is 14.1. The highest BCUT2D eigenvalue weighted by molar-refractivity contribution is 7.92. The number of amides is 2.